The van der Waals surface area contributed by atoms with Crippen LogP contribution in [0.15, 0.2) is 24.3 Å². The molecule has 4 heteroatoms. The summed E-state index contributed by atoms with van der Waals surface area (Å²) in [7, 11) is 0. The summed E-state index contributed by atoms with van der Waals surface area (Å²) in [6.45, 7) is 1.98. The van der Waals surface area contributed by atoms with Crippen molar-refractivity contribution in [3.05, 3.63) is 35.4 Å². The van der Waals surface area contributed by atoms with Crippen molar-refractivity contribution in [2.75, 3.05) is 0 Å². The Morgan fingerprint density at radius 3 is 2.31 bits per heavy atom. The lowest BCUT2D eigenvalue weighted by atomic mass is 10.2. The van der Waals surface area contributed by atoms with E-state index in [1.807, 2.05) is 36.6 Å². The maximum Gasteiger partial charge on any atom is 0.201 e. The molecule has 13 heavy (non-hydrogen) atoms. The van der Waals surface area contributed by atoms with Crippen LogP contribution in [0.3, 0.4) is 0 Å². The second-order valence-electron chi connectivity index (χ2n) is 2.58. The van der Waals surface area contributed by atoms with Gasteiger partial charge in [0.25, 0.3) is 0 Å². The van der Waals surface area contributed by atoms with Crippen LogP contribution in [0.4, 0.5) is 0 Å². The number of thiocyanates is 1. The number of hydrogen-bond acceptors (Lipinski definition) is 2. The van der Waals surface area contributed by atoms with Crippen LogP contribution in [0, 0.1) is 17.6 Å². The number of nitrogens with zero attached hydrogens (tertiary/aromatic N) is 1. The molecule has 0 spiro atoms. The summed E-state index contributed by atoms with van der Waals surface area (Å²) in [6.07, 6.45) is 0. The first-order chi connectivity index (χ1) is 6.06. The number of alkyl halides is 2. The van der Waals surface area contributed by atoms with Gasteiger partial charge in [-0.15, -0.1) is 0 Å². The van der Waals surface area contributed by atoms with Crippen LogP contribution in [0.5, 0.6) is 0 Å². The zero-order valence-electron chi connectivity index (χ0n) is 6.92. The highest BCUT2D eigenvalue weighted by Gasteiger charge is 2.27. The van der Waals surface area contributed by atoms with Crippen molar-refractivity contribution in [2.45, 2.75) is 10.6 Å². The summed E-state index contributed by atoms with van der Waals surface area (Å²) in [5.41, 5.74) is 1.86. The van der Waals surface area contributed by atoms with Gasteiger partial charge < -0.3 is 0 Å². The molecule has 0 fully saturated rings. The predicted molar refractivity (Wildman–Crippen MR) is 57.8 cm³/mol. The molecule has 0 saturated carbocycles. The molecule has 1 rings (SSSR count). The van der Waals surface area contributed by atoms with Gasteiger partial charge in [0.15, 0.2) is 0 Å². The van der Waals surface area contributed by atoms with Gasteiger partial charge in [0.1, 0.15) is 5.40 Å². The SMILES string of the molecule is Cc1ccc(C(Cl)(Cl)SC#N)cc1. The number of thioether (sulfide) groups is 1. The van der Waals surface area contributed by atoms with E-state index in [1.54, 1.807) is 0 Å². The van der Waals surface area contributed by atoms with Crippen molar-refractivity contribution in [3.63, 3.8) is 0 Å². The maximum atomic E-state index is 8.46. The van der Waals surface area contributed by atoms with E-state index in [2.05, 4.69) is 0 Å². The molecular formula is C9H7Cl2NS. The van der Waals surface area contributed by atoms with E-state index in [9.17, 15) is 0 Å². The van der Waals surface area contributed by atoms with Crippen molar-refractivity contribution in [1.29, 1.82) is 5.26 Å². The first-order valence-electron chi connectivity index (χ1n) is 3.58. The number of rotatable bonds is 2. The molecule has 0 amide bonds. The van der Waals surface area contributed by atoms with Crippen LogP contribution in [-0.4, -0.2) is 0 Å². The van der Waals surface area contributed by atoms with Gasteiger partial charge in [-0.3, -0.25) is 0 Å². The standard InChI is InChI=1S/C9H7Cl2NS/c1-7-2-4-8(5-3-7)9(10,11)13-6-12/h2-5H,1H3. The minimum absolute atomic E-state index is 0.730. The highest BCUT2D eigenvalue weighted by atomic mass is 35.5. The lowest BCUT2D eigenvalue weighted by molar-refractivity contribution is 1.25. The lowest BCUT2D eigenvalue weighted by Gasteiger charge is -2.14. The molecule has 0 aliphatic rings. The number of halogens is 2. The smallest absolute Gasteiger partial charge is 0.185 e. The summed E-state index contributed by atoms with van der Waals surface area (Å²) in [6, 6.07) is 7.46. The number of hydrogen-bond donors (Lipinski definition) is 0. The van der Waals surface area contributed by atoms with Crippen molar-refractivity contribution >= 4 is 35.0 Å². The Balaban J connectivity index is 2.95. The molecule has 0 N–H and O–H groups in total. The van der Waals surface area contributed by atoms with Gasteiger partial charge in [-0.25, -0.2) is 0 Å². The topological polar surface area (TPSA) is 23.8 Å². The van der Waals surface area contributed by atoms with Crippen LogP contribution in [-0.2, 0) is 3.67 Å². The Morgan fingerprint density at radius 2 is 1.85 bits per heavy atom. The zero-order chi connectivity index (χ0) is 9.90. The Kier molecular flexibility index (Phi) is 3.49. The Labute approximate surface area is 91.6 Å². The molecule has 0 aromatic heterocycles. The van der Waals surface area contributed by atoms with Gasteiger partial charge in [0.05, 0.1) is 0 Å². The predicted octanol–water partition coefficient (Wildman–Crippen LogP) is 3.80. The quantitative estimate of drug-likeness (QED) is 0.572. The molecule has 68 valence electrons. The van der Waals surface area contributed by atoms with Gasteiger partial charge in [-0.1, -0.05) is 53.0 Å². The van der Waals surface area contributed by atoms with Crippen LogP contribution in [0.2, 0.25) is 0 Å². The van der Waals surface area contributed by atoms with E-state index in [1.165, 1.54) is 0 Å². The Bertz CT molecular complexity index is 326. The van der Waals surface area contributed by atoms with E-state index in [-0.39, 0.29) is 0 Å². The van der Waals surface area contributed by atoms with Crippen molar-refractivity contribution in [3.8, 4) is 5.40 Å². The van der Waals surface area contributed by atoms with Gasteiger partial charge in [0.2, 0.25) is 3.67 Å². The second kappa shape index (κ2) is 4.23. The van der Waals surface area contributed by atoms with E-state index in [0.29, 0.717) is 0 Å². The summed E-state index contributed by atoms with van der Waals surface area (Å²) >= 11 is 12.7. The highest BCUT2D eigenvalue weighted by Crippen LogP contribution is 2.44. The van der Waals surface area contributed by atoms with Crippen LogP contribution in [0.25, 0.3) is 0 Å². The number of benzene rings is 1. The molecule has 0 bridgehead atoms. The van der Waals surface area contributed by atoms with Gasteiger partial charge in [-0.05, 0) is 24.2 Å². The van der Waals surface area contributed by atoms with Crippen LogP contribution in [0.1, 0.15) is 11.1 Å². The van der Waals surface area contributed by atoms with Gasteiger partial charge in [0, 0.05) is 0 Å². The average Bonchev–Trinajstić information content (AvgIpc) is 2.05. The third-order valence-corrected chi connectivity index (χ3v) is 3.04. The maximum absolute atomic E-state index is 8.46. The second-order valence-corrected chi connectivity index (χ2v) is 5.35. The minimum Gasteiger partial charge on any atom is -0.185 e. The van der Waals surface area contributed by atoms with E-state index in [4.69, 9.17) is 28.5 Å². The molecular weight excluding hydrogens is 225 g/mol. The fourth-order valence-corrected chi connectivity index (χ4v) is 1.69. The molecule has 0 heterocycles. The normalized spacial score (nSPS) is 10.9. The third-order valence-electron chi connectivity index (χ3n) is 1.56. The summed E-state index contributed by atoms with van der Waals surface area (Å²) < 4.78 is -1.16. The molecule has 0 aliphatic carbocycles. The molecule has 1 aromatic rings. The molecule has 0 aliphatic heterocycles. The molecule has 0 unspecified atom stereocenters. The average molecular weight is 232 g/mol. The fraction of sp³-hybridized carbons (Fsp3) is 0.222. The molecule has 0 radical (unpaired) electrons. The first kappa shape index (κ1) is 10.7. The minimum atomic E-state index is -1.16. The summed E-state index contributed by atoms with van der Waals surface area (Å²) in [5, 5.41) is 10.3. The van der Waals surface area contributed by atoms with Crippen LogP contribution >= 0.6 is 35.0 Å². The Hall–Kier alpha value is -0.360. The first-order valence-corrected chi connectivity index (χ1v) is 5.15. The fourth-order valence-electron chi connectivity index (χ4n) is 0.864. The molecule has 1 nitrogen and oxygen atoms in total. The monoisotopic (exact) mass is 231 g/mol. The van der Waals surface area contributed by atoms with Crippen molar-refractivity contribution in [1.82, 2.24) is 0 Å². The van der Waals surface area contributed by atoms with Crippen molar-refractivity contribution < 1.29 is 0 Å². The number of nitriles is 1. The third kappa shape index (κ3) is 2.80. The number of aryl methyl sites for hydroxylation is 1. The highest BCUT2D eigenvalue weighted by molar-refractivity contribution is 8.06. The van der Waals surface area contributed by atoms with E-state index in [0.717, 1.165) is 22.9 Å². The zero-order valence-corrected chi connectivity index (χ0v) is 9.25. The molecule has 1 aromatic carbocycles. The Morgan fingerprint density at radius 1 is 1.31 bits per heavy atom. The van der Waals surface area contributed by atoms with E-state index < -0.39 is 3.67 Å². The molecule has 0 atom stereocenters. The van der Waals surface area contributed by atoms with Crippen LogP contribution < -0.4 is 0 Å². The largest absolute Gasteiger partial charge is 0.201 e. The molecule has 0 saturated heterocycles. The summed E-state index contributed by atoms with van der Waals surface area (Å²) in [4.78, 5) is 0. The van der Waals surface area contributed by atoms with E-state index >= 15 is 0 Å². The van der Waals surface area contributed by atoms with Gasteiger partial charge >= 0.3 is 0 Å². The van der Waals surface area contributed by atoms with Gasteiger partial charge in [-0.2, -0.15) is 5.26 Å². The lowest BCUT2D eigenvalue weighted by Crippen LogP contribution is -2.02. The summed E-state index contributed by atoms with van der Waals surface area (Å²) in [5.74, 6) is 0. The van der Waals surface area contributed by atoms with Crippen molar-refractivity contribution in [2.24, 2.45) is 0 Å².